The Labute approximate surface area is 148 Å². The van der Waals surface area contributed by atoms with Crippen molar-refractivity contribution >= 4 is 11.8 Å². The molecule has 6 heteroatoms. The van der Waals surface area contributed by atoms with Gasteiger partial charge in [0.15, 0.2) is 6.10 Å². The number of halogens is 1. The van der Waals surface area contributed by atoms with E-state index >= 15 is 0 Å². The zero-order valence-corrected chi connectivity index (χ0v) is 14.7. The molecular weight excluding hydrogens is 323 g/mol. The molecule has 1 aromatic carbocycles. The van der Waals surface area contributed by atoms with E-state index in [1.165, 1.54) is 56.4 Å². The highest BCUT2D eigenvalue weighted by Crippen LogP contribution is 2.27. The van der Waals surface area contributed by atoms with Gasteiger partial charge in [-0.15, -0.1) is 0 Å². The number of carbonyl (C=O) groups excluding carboxylic acids is 2. The van der Waals surface area contributed by atoms with Gasteiger partial charge < -0.3 is 4.74 Å². The van der Waals surface area contributed by atoms with E-state index < -0.39 is 12.0 Å². The summed E-state index contributed by atoms with van der Waals surface area (Å²) >= 11 is 0. The summed E-state index contributed by atoms with van der Waals surface area (Å²) in [6.45, 7) is 1.56. The normalized spacial score (nSPS) is 16.1. The van der Waals surface area contributed by atoms with Gasteiger partial charge in [-0.25, -0.2) is 4.39 Å². The Morgan fingerprint density at radius 1 is 1.16 bits per heavy atom. The van der Waals surface area contributed by atoms with E-state index in [0.717, 1.165) is 18.8 Å². The van der Waals surface area contributed by atoms with Gasteiger partial charge in [0.05, 0.1) is 0 Å². The van der Waals surface area contributed by atoms with Crippen LogP contribution in [-0.2, 0) is 9.59 Å². The first-order chi connectivity index (χ1) is 12.0. The molecule has 1 aliphatic rings. The van der Waals surface area contributed by atoms with Crippen molar-refractivity contribution in [3.8, 4) is 5.75 Å². The molecule has 1 atom stereocenters. The molecule has 2 N–H and O–H groups in total. The van der Waals surface area contributed by atoms with Crippen LogP contribution in [0.3, 0.4) is 0 Å². The Hall–Kier alpha value is -2.11. The second kappa shape index (κ2) is 10.0. The van der Waals surface area contributed by atoms with Crippen LogP contribution in [0.2, 0.25) is 0 Å². The van der Waals surface area contributed by atoms with Gasteiger partial charge in [0.25, 0.3) is 5.91 Å². The molecule has 1 unspecified atom stereocenters. The summed E-state index contributed by atoms with van der Waals surface area (Å²) in [5.41, 5.74) is 4.78. The molecule has 25 heavy (non-hydrogen) atoms. The highest BCUT2D eigenvalue weighted by molar-refractivity contribution is 5.84. The third-order valence-corrected chi connectivity index (χ3v) is 4.56. The molecule has 2 rings (SSSR count). The maximum atomic E-state index is 12.8. The van der Waals surface area contributed by atoms with Crippen molar-refractivity contribution in [1.82, 2.24) is 10.9 Å². The molecule has 1 aromatic rings. The average Bonchev–Trinajstić information content (AvgIpc) is 2.62. The van der Waals surface area contributed by atoms with Gasteiger partial charge in [0.1, 0.15) is 11.6 Å². The Kier molecular flexibility index (Phi) is 7.70. The van der Waals surface area contributed by atoms with Gasteiger partial charge in [0, 0.05) is 6.42 Å². The monoisotopic (exact) mass is 350 g/mol. The minimum atomic E-state index is -0.798. The van der Waals surface area contributed by atoms with Crippen LogP contribution in [0.4, 0.5) is 4.39 Å². The van der Waals surface area contributed by atoms with E-state index in [1.54, 1.807) is 6.92 Å². The first kappa shape index (κ1) is 19.2. The third kappa shape index (κ3) is 7.11. The Morgan fingerprint density at radius 2 is 1.84 bits per heavy atom. The molecule has 1 fully saturated rings. The molecule has 0 heterocycles. The minimum absolute atomic E-state index is 0.196. The SMILES string of the molecule is CC(Oc1ccc(F)cc1)C(=O)NNC(=O)CCCC1CCCCC1. The van der Waals surface area contributed by atoms with Gasteiger partial charge in [-0.2, -0.15) is 0 Å². The molecule has 5 nitrogen and oxygen atoms in total. The number of amides is 2. The lowest BCUT2D eigenvalue weighted by Gasteiger charge is -2.21. The highest BCUT2D eigenvalue weighted by Gasteiger charge is 2.16. The second-order valence-corrected chi connectivity index (χ2v) is 6.65. The Morgan fingerprint density at radius 3 is 2.52 bits per heavy atom. The van der Waals surface area contributed by atoms with Crippen LogP contribution >= 0.6 is 0 Å². The lowest BCUT2D eigenvalue weighted by Crippen LogP contribution is -2.47. The zero-order chi connectivity index (χ0) is 18.1. The van der Waals surface area contributed by atoms with E-state index in [0.29, 0.717) is 12.2 Å². The van der Waals surface area contributed by atoms with Crippen molar-refractivity contribution < 1.29 is 18.7 Å². The minimum Gasteiger partial charge on any atom is -0.481 e. The number of carbonyl (C=O) groups is 2. The number of nitrogens with one attached hydrogen (secondary N) is 2. The molecule has 0 aromatic heterocycles. The summed E-state index contributed by atoms with van der Waals surface area (Å²) in [6, 6.07) is 5.41. The molecule has 0 aliphatic heterocycles. The fraction of sp³-hybridized carbons (Fsp3) is 0.579. The molecule has 0 bridgehead atoms. The Balaban J connectivity index is 1.61. The van der Waals surface area contributed by atoms with Crippen LogP contribution in [-0.4, -0.2) is 17.9 Å². The summed E-state index contributed by atoms with van der Waals surface area (Å²) in [5, 5.41) is 0. The van der Waals surface area contributed by atoms with Crippen molar-refractivity contribution in [2.45, 2.75) is 64.4 Å². The van der Waals surface area contributed by atoms with E-state index in [-0.39, 0.29) is 11.7 Å². The second-order valence-electron chi connectivity index (χ2n) is 6.65. The molecule has 138 valence electrons. The molecule has 0 spiro atoms. The maximum absolute atomic E-state index is 12.8. The van der Waals surface area contributed by atoms with E-state index in [2.05, 4.69) is 10.9 Å². The number of hydrogen-bond acceptors (Lipinski definition) is 3. The standard InChI is InChI=1S/C19H27FN2O3/c1-14(25-17-12-10-16(20)11-13-17)19(24)22-21-18(23)9-5-8-15-6-3-2-4-7-15/h10-15H,2-9H2,1H3,(H,21,23)(H,22,24). The smallest absolute Gasteiger partial charge is 0.279 e. The molecule has 1 saturated carbocycles. The summed E-state index contributed by atoms with van der Waals surface area (Å²) in [4.78, 5) is 23.7. The van der Waals surface area contributed by atoms with Gasteiger partial charge >= 0.3 is 0 Å². The third-order valence-electron chi connectivity index (χ3n) is 4.56. The summed E-state index contributed by atoms with van der Waals surface area (Å²) in [6.07, 6.45) is 8.02. The van der Waals surface area contributed by atoms with Crippen LogP contribution in [0.1, 0.15) is 58.3 Å². The van der Waals surface area contributed by atoms with Gasteiger partial charge in [-0.05, 0) is 49.9 Å². The van der Waals surface area contributed by atoms with E-state index in [4.69, 9.17) is 4.74 Å². The zero-order valence-electron chi connectivity index (χ0n) is 14.7. The van der Waals surface area contributed by atoms with Crippen molar-refractivity contribution in [2.75, 3.05) is 0 Å². The maximum Gasteiger partial charge on any atom is 0.279 e. The van der Waals surface area contributed by atoms with E-state index in [1.807, 2.05) is 0 Å². The summed E-state index contributed by atoms with van der Waals surface area (Å²) < 4.78 is 18.2. The summed E-state index contributed by atoms with van der Waals surface area (Å²) in [7, 11) is 0. The summed E-state index contributed by atoms with van der Waals surface area (Å²) in [5.74, 6) is 0.121. The van der Waals surface area contributed by atoms with Crippen LogP contribution in [0.15, 0.2) is 24.3 Å². The Bertz CT molecular complexity index is 556. The number of ether oxygens (including phenoxy) is 1. The number of hydrogen-bond donors (Lipinski definition) is 2. The molecule has 2 amide bonds. The number of benzene rings is 1. The topological polar surface area (TPSA) is 67.4 Å². The van der Waals surface area contributed by atoms with Crippen molar-refractivity contribution in [1.29, 1.82) is 0 Å². The van der Waals surface area contributed by atoms with Crippen molar-refractivity contribution in [2.24, 2.45) is 5.92 Å². The van der Waals surface area contributed by atoms with E-state index in [9.17, 15) is 14.0 Å². The van der Waals surface area contributed by atoms with Crippen molar-refractivity contribution in [3.63, 3.8) is 0 Å². The van der Waals surface area contributed by atoms with Gasteiger partial charge in [-0.1, -0.05) is 32.1 Å². The lowest BCUT2D eigenvalue weighted by atomic mass is 9.86. The van der Waals surface area contributed by atoms with Crippen LogP contribution in [0.5, 0.6) is 5.75 Å². The van der Waals surface area contributed by atoms with Gasteiger partial charge in [0.2, 0.25) is 5.91 Å². The predicted molar refractivity (Wildman–Crippen MR) is 93.2 cm³/mol. The first-order valence-corrected chi connectivity index (χ1v) is 9.05. The fourth-order valence-electron chi connectivity index (χ4n) is 3.09. The largest absolute Gasteiger partial charge is 0.481 e. The van der Waals surface area contributed by atoms with Crippen LogP contribution < -0.4 is 15.6 Å². The quantitative estimate of drug-likeness (QED) is 0.740. The first-order valence-electron chi connectivity index (χ1n) is 9.05. The molecule has 0 radical (unpaired) electrons. The highest BCUT2D eigenvalue weighted by atomic mass is 19.1. The molecule has 1 aliphatic carbocycles. The number of hydrazine groups is 1. The molecular formula is C19H27FN2O3. The van der Waals surface area contributed by atoms with Crippen LogP contribution in [0, 0.1) is 11.7 Å². The molecule has 0 saturated heterocycles. The predicted octanol–water partition coefficient (Wildman–Crippen LogP) is 3.49. The number of rotatable bonds is 7. The fourth-order valence-corrected chi connectivity index (χ4v) is 3.09. The average molecular weight is 350 g/mol. The van der Waals surface area contributed by atoms with Crippen molar-refractivity contribution in [3.05, 3.63) is 30.1 Å². The lowest BCUT2D eigenvalue weighted by molar-refractivity contribution is -0.132. The van der Waals surface area contributed by atoms with Crippen LogP contribution in [0.25, 0.3) is 0 Å². The van der Waals surface area contributed by atoms with Gasteiger partial charge in [-0.3, -0.25) is 20.4 Å².